The van der Waals surface area contributed by atoms with Crippen molar-refractivity contribution in [2.24, 2.45) is 5.73 Å². The molecular formula is C18H33N4O6P. The summed E-state index contributed by atoms with van der Waals surface area (Å²) in [6.07, 6.45) is 8.12. The van der Waals surface area contributed by atoms with Gasteiger partial charge in [0.1, 0.15) is 6.04 Å². The maximum atomic E-state index is 12.3. The van der Waals surface area contributed by atoms with Crippen molar-refractivity contribution in [3.05, 3.63) is 32.1 Å². The summed E-state index contributed by atoms with van der Waals surface area (Å²) in [5, 5.41) is 8.28. The molecule has 0 bridgehead atoms. The molecule has 1 aromatic heterocycles. The number of fused-ring (bicyclic) bond motifs is 1. The summed E-state index contributed by atoms with van der Waals surface area (Å²) in [5.74, 6) is -1.14. The number of carbonyl (C=O) groups is 1. The van der Waals surface area contributed by atoms with Gasteiger partial charge in [-0.05, 0) is 38.5 Å². The molecule has 166 valence electrons. The standard InChI is InChI=1S/C13H18N2O2.C5H12NO4P.H3N/c16-12-10-7-4-8-11(10)14-13(17)15(12)9-5-2-1-3-6-9;1-11(9,10)3-2-4(6)5(7)8;/h9H,1-8H2,(H,14,17);4H,2-3,6H2,1H3,(H,7,8)(H,9,10);1H3. The van der Waals surface area contributed by atoms with Gasteiger partial charge in [-0.3, -0.25) is 18.7 Å². The van der Waals surface area contributed by atoms with Crippen LogP contribution >= 0.6 is 7.37 Å². The lowest BCUT2D eigenvalue weighted by molar-refractivity contribution is -0.138. The van der Waals surface area contributed by atoms with Gasteiger partial charge in [0.25, 0.3) is 5.56 Å². The van der Waals surface area contributed by atoms with Crippen LogP contribution in [0.4, 0.5) is 0 Å². The molecule has 29 heavy (non-hydrogen) atoms. The minimum absolute atomic E-state index is 0. The van der Waals surface area contributed by atoms with Gasteiger partial charge in [0.05, 0.1) is 0 Å². The van der Waals surface area contributed by atoms with Crippen LogP contribution in [0.3, 0.4) is 0 Å². The molecule has 1 saturated carbocycles. The Kier molecular flexibility index (Phi) is 9.48. The minimum atomic E-state index is -3.10. The molecule has 8 N–H and O–H groups in total. The first kappa shape index (κ1) is 25.3. The van der Waals surface area contributed by atoms with Gasteiger partial charge < -0.3 is 26.9 Å². The van der Waals surface area contributed by atoms with E-state index < -0.39 is 19.4 Å². The van der Waals surface area contributed by atoms with Gasteiger partial charge in [0, 0.05) is 30.1 Å². The molecule has 3 rings (SSSR count). The summed E-state index contributed by atoms with van der Waals surface area (Å²) < 4.78 is 12.1. The van der Waals surface area contributed by atoms with E-state index in [2.05, 4.69) is 4.98 Å². The van der Waals surface area contributed by atoms with Gasteiger partial charge in [-0.1, -0.05) is 19.3 Å². The molecule has 1 aromatic rings. The van der Waals surface area contributed by atoms with Crippen molar-refractivity contribution in [2.45, 2.75) is 69.9 Å². The van der Waals surface area contributed by atoms with Gasteiger partial charge in [-0.25, -0.2) is 4.79 Å². The second-order valence-corrected chi connectivity index (χ2v) is 10.3. The number of carboxylic acids is 1. The Hall–Kier alpha value is -1.74. The van der Waals surface area contributed by atoms with Crippen molar-refractivity contribution in [3.63, 3.8) is 0 Å². The number of nitrogens with zero attached hydrogens (tertiary/aromatic N) is 1. The second-order valence-electron chi connectivity index (χ2n) is 7.72. The van der Waals surface area contributed by atoms with Gasteiger partial charge in [0.15, 0.2) is 7.37 Å². The predicted octanol–water partition coefficient (Wildman–Crippen LogP) is 1.38. The van der Waals surface area contributed by atoms with Crippen LogP contribution in [0, 0.1) is 0 Å². The smallest absolute Gasteiger partial charge is 0.328 e. The van der Waals surface area contributed by atoms with Crippen LogP contribution in [0.15, 0.2) is 9.59 Å². The molecule has 10 nitrogen and oxygen atoms in total. The average molecular weight is 432 g/mol. The Labute approximate surface area is 169 Å². The third-order valence-corrected chi connectivity index (χ3v) is 6.37. The first-order chi connectivity index (χ1) is 13.1. The highest BCUT2D eigenvalue weighted by Crippen LogP contribution is 2.35. The van der Waals surface area contributed by atoms with E-state index in [4.69, 9.17) is 15.7 Å². The van der Waals surface area contributed by atoms with Crippen LogP contribution < -0.4 is 23.1 Å². The number of aromatic amines is 1. The number of H-pyrrole nitrogens is 1. The molecule has 2 unspecified atom stereocenters. The highest BCUT2D eigenvalue weighted by atomic mass is 31.2. The Morgan fingerprint density at radius 2 is 1.86 bits per heavy atom. The molecule has 2 aliphatic carbocycles. The minimum Gasteiger partial charge on any atom is -0.480 e. The van der Waals surface area contributed by atoms with Gasteiger partial charge in [-0.2, -0.15) is 0 Å². The molecule has 0 aromatic carbocycles. The fraction of sp³-hybridized carbons (Fsp3) is 0.722. The third-order valence-electron chi connectivity index (χ3n) is 5.28. The van der Waals surface area contributed by atoms with Gasteiger partial charge >= 0.3 is 11.7 Å². The van der Waals surface area contributed by atoms with E-state index in [1.807, 2.05) is 0 Å². The lowest BCUT2D eigenvalue weighted by Gasteiger charge is -2.23. The zero-order chi connectivity index (χ0) is 20.9. The van der Waals surface area contributed by atoms with Crippen LogP contribution in [-0.2, 0) is 22.2 Å². The molecule has 2 aliphatic rings. The summed E-state index contributed by atoms with van der Waals surface area (Å²) >= 11 is 0. The lowest BCUT2D eigenvalue weighted by Crippen LogP contribution is -2.40. The van der Waals surface area contributed by atoms with Crippen molar-refractivity contribution in [3.8, 4) is 0 Å². The molecule has 0 saturated heterocycles. The first-order valence-electron chi connectivity index (χ1n) is 9.74. The third kappa shape index (κ3) is 7.22. The highest BCUT2D eigenvalue weighted by molar-refractivity contribution is 7.57. The number of rotatable bonds is 5. The number of hydrogen-bond donors (Lipinski definition) is 5. The zero-order valence-electron chi connectivity index (χ0n) is 16.9. The van der Waals surface area contributed by atoms with E-state index >= 15 is 0 Å². The maximum absolute atomic E-state index is 12.3. The summed E-state index contributed by atoms with van der Waals surface area (Å²) in [6, 6.07) is -0.902. The van der Waals surface area contributed by atoms with Crippen molar-refractivity contribution < 1.29 is 19.4 Å². The molecule has 1 heterocycles. The zero-order valence-corrected chi connectivity index (χ0v) is 17.8. The topological polar surface area (TPSA) is 190 Å². The average Bonchev–Trinajstić information content (AvgIpc) is 3.09. The molecule has 1 fully saturated rings. The normalized spacial score (nSPS) is 19.1. The molecule has 0 amide bonds. The maximum Gasteiger partial charge on any atom is 0.328 e. The van der Waals surface area contributed by atoms with E-state index in [9.17, 15) is 18.9 Å². The monoisotopic (exact) mass is 432 g/mol. The number of aryl methyl sites for hydroxylation is 1. The lowest BCUT2D eigenvalue weighted by atomic mass is 9.95. The molecular weight excluding hydrogens is 399 g/mol. The number of nitrogens with two attached hydrogens (primary N) is 1. The summed E-state index contributed by atoms with van der Waals surface area (Å²) in [6.45, 7) is 1.18. The van der Waals surface area contributed by atoms with E-state index in [-0.39, 0.29) is 36.0 Å². The molecule has 2 atom stereocenters. The Morgan fingerprint density at radius 3 is 2.41 bits per heavy atom. The number of carboxylic acid groups (broad SMARTS) is 1. The van der Waals surface area contributed by atoms with Gasteiger partial charge in [-0.15, -0.1) is 0 Å². The molecule has 11 heteroatoms. The van der Waals surface area contributed by atoms with Gasteiger partial charge in [0.2, 0.25) is 0 Å². The van der Waals surface area contributed by atoms with Crippen LogP contribution in [0.1, 0.15) is 62.2 Å². The predicted molar refractivity (Wildman–Crippen MR) is 111 cm³/mol. The van der Waals surface area contributed by atoms with E-state index in [1.54, 1.807) is 0 Å². The second kappa shape index (κ2) is 10.9. The molecule has 0 aliphatic heterocycles. The highest BCUT2D eigenvalue weighted by Gasteiger charge is 2.24. The largest absolute Gasteiger partial charge is 0.480 e. The number of aromatic nitrogens is 2. The first-order valence-corrected chi connectivity index (χ1v) is 12.0. The molecule has 0 radical (unpaired) electrons. The van der Waals surface area contributed by atoms with E-state index in [0.29, 0.717) is 0 Å². The van der Waals surface area contributed by atoms with Crippen molar-refractivity contribution in [2.75, 3.05) is 12.8 Å². The quantitative estimate of drug-likeness (QED) is 0.431. The van der Waals surface area contributed by atoms with Crippen molar-refractivity contribution in [1.82, 2.24) is 15.7 Å². The van der Waals surface area contributed by atoms with Crippen molar-refractivity contribution in [1.29, 1.82) is 0 Å². The van der Waals surface area contributed by atoms with E-state index in [0.717, 1.165) is 56.2 Å². The Bertz CT molecular complexity index is 853. The number of aliphatic carboxylic acids is 1. The van der Waals surface area contributed by atoms with Crippen LogP contribution in [0.2, 0.25) is 0 Å². The van der Waals surface area contributed by atoms with Crippen molar-refractivity contribution >= 4 is 13.3 Å². The summed E-state index contributed by atoms with van der Waals surface area (Å²) in [7, 11) is -3.10. The molecule has 0 spiro atoms. The summed E-state index contributed by atoms with van der Waals surface area (Å²) in [4.78, 5) is 46.1. The SMILES string of the molecule is CP(=O)(O)CCC(N)C(=O)O.N.O=c1[nH]c2c(c(=O)n1C1CCCCC1)CCC2. The number of nitrogens with one attached hydrogen (secondary N) is 1. The van der Waals surface area contributed by atoms with Crippen LogP contribution in [-0.4, -0.2) is 44.4 Å². The van der Waals surface area contributed by atoms with E-state index in [1.165, 1.54) is 17.7 Å². The number of hydrogen-bond acceptors (Lipinski definition) is 6. The van der Waals surface area contributed by atoms with Crippen LogP contribution in [0.5, 0.6) is 0 Å². The van der Waals surface area contributed by atoms with Crippen LogP contribution in [0.25, 0.3) is 0 Å². The Morgan fingerprint density at radius 1 is 1.24 bits per heavy atom. The Balaban J connectivity index is 0.000000310. The fourth-order valence-corrected chi connectivity index (χ4v) is 4.47. The summed E-state index contributed by atoms with van der Waals surface area (Å²) in [5.41, 5.74) is 6.62. The fourth-order valence-electron chi connectivity index (χ4n) is 3.72.